The average molecular weight is 485 g/mol. The van der Waals surface area contributed by atoms with Crippen molar-refractivity contribution in [3.05, 3.63) is 76.9 Å². The molecule has 0 N–H and O–H groups in total. The first kappa shape index (κ1) is 24.4. The average Bonchev–Trinajstić information content (AvgIpc) is 3.72. The van der Waals surface area contributed by atoms with Gasteiger partial charge in [0.1, 0.15) is 18.3 Å². The third-order valence-corrected chi connectivity index (χ3v) is 8.17. The third-order valence-electron chi connectivity index (χ3n) is 8.17. The molecule has 0 amide bonds. The van der Waals surface area contributed by atoms with Gasteiger partial charge in [0.05, 0.1) is 12.7 Å². The predicted octanol–water partition coefficient (Wildman–Crippen LogP) is 8.52. The summed E-state index contributed by atoms with van der Waals surface area (Å²) in [7, 11) is 0. The Morgan fingerprint density at radius 1 is 0.971 bits per heavy atom. The van der Waals surface area contributed by atoms with Gasteiger partial charge in [0.2, 0.25) is 0 Å². The number of halogens is 3. The van der Waals surface area contributed by atoms with Gasteiger partial charge in [-0.25, -0.2) is 13.2 Å². The predicted molar refractivity (Wildman–Crippen MR) is 132 cm³/mol. The Labute approximate surface area is 206 Å². The number of hydrogen-bond donors (Lipinski definition) is 0. The molecule has 0 bridgehead atoms. The zero-order valence-corrected chi connectivity index (χ0v) is 20.4. The zero-order valence-electron chi connectivity index (χ0n) is 20.4. The molecule has 0 spiro atoms. The lowest BCUT2D eigenvalue weighted by Crippen LogP contribution is -2.24. The van der Waals surface area contributed by atoms with Gasteiger partial charge in [-0.05, 0) is 60.8 Å². The van der Waals surface area contributed by atoms with Crippen LogP contribution in [-0.4, -0.2) is 12.7 Å². The maximum Gasteiger partial charge on any atom is 0.196 e. The molecule has 1 saturated carbocycles. The summed E-state index contributed by atoms with van der Waals surface area (Å²) in [5.74, 6) is -0.982. The van der Waals surface area contributed by atoms with Crippen LogP contribution in [-0.2, 0) is 16.1 Å². The number of rotatable bonds is 8. The van der Waals surface area contributed by atoms with Crippen LogP contribution in [0.15, 0.2) is 65.7 Å². The van der Waals surface area contributed by atoms with Gasteiger partial charge in [0.15, 0.2) is 11.6 Å². The quantitative estimate of drug-likeness (QED) is 0.345. The highest BCUT2D eigenvalue weighted by molar-refractivity contribution is 5.78. The van der Waals surface area contributed by atoms with Crippen molar-refractivity contribution in [2.24, 2.45) is 23.7 Å². The maximum atomic E-state index is 15.0. The van der Waals surface area contributed by atoms with E-state index in [0.29, 0.717) is 18.6 Å². The van der Waals surface area contributed by atoms with Gasteiger partial charge in [-0.3, -0.25) is 0 Å². The summed E-state index contributed by atoms with van der Waals surface area (Å²) in [5, 5.41) is 0. The normalized spacial score (nSPS) is 31.0. The van der Waals surface area contributed by atoms with Crippen LogP contribution >= 0.6 is 0 Å². The second-order valence-electron chi connectivity index (χ2n) is 10.5. The van der Waals surface area contributed by atoms with E-state index in [9.17, 15) is 13.2 Å². The van der Waals surface area contributed by atoms with Crippen LogP contribution in [0.4, 0.5) is 13.2 Å². The molecule has 3 atom stereocenters. The van der Waals surface area contributed by atoms with E-state index in [4.69, 9.17) is 9.47 Å². The Kier molecular flexibility index (Phi) is 7.52. The van der Waals surface area contributed by atoms with E-state index >= 15 is 0 Å². The molecule has 5 rings (SSSR count). The van der Waals surface area contributed by atoms with Crippen LogP contribution in [0, 0.1) is 23.7 Å². The van der Waals surface area contributed by atoms with Gasteiger partial charge in [-0.15, -0.1) is 0 Å². The van der Waals surface area contributed by atoms with Crippen molar-refractivity contribution < 1.29 is 22.6 Å². The fourth-order valence-corrected chi connectivity index (χ4v) is 5.97. The molecule has 2 nitrogen and oxygen atoms in total. The molecule has 5 heteroatoms. The number of allylic oxidation sites excluding steroid dienone is 6. The van der Waals surface area contributed by atoms with E-state index in [-0.39, 0.29) is 42.1 Å². The van der Waals surface area contributed by atoms with Crippen LogP contribution in [0.3, 0.4) is 0 Å². The standard InChI is InChI=1S/C30H35F3O2/c1-2-3-19-4-8-22(9-5-19)25-14-15-27(30(33)29(25)32)34-17-20-6-10-21(11-7-20)24-13-12-23(16-26(24)31)28-18-35-28/h6-7,10-11,13,15-16,19,22-23,25,28H,2-5,8-9,12,14,17-18H2,1H3. The first-order valence-corrected chi connectivity index (χ1v) is 13.2. The highest BCUT2D eigenvalue weighted by Gasteiger charge is 2.35. The molecular weight excluding hydrogens is 449 g/mol. The van der Waals surface area contributed by atoms with Crippen molar-refractivity contribution in [3.8, 4) is 0 Å². The molecule has 0 aromatic heterocycles. The summed E-state index contributed by atoms with van der Waals surface area (Å²) in [5.41, 5.74) is 2.21. The smallest absolute Gasteiger partial charge is 0.196 e. The van der Waals surface area contributed by atoms with E-state index in [1.54, 1.807) is 12.2 Å². The molecule has 188 valence electrons. The summed E-state index contributed by atoms with van der Waals surface area (Å²) in [6.07, 6.45) is 13.3. The fraction of sp³-hybridized carbons (Fsp3) is 0.533. The highest BCUT2D eigenvalue weighted by Crippen LogP contribution is 2.44. The largest absolute Gasteiger partial charge is 0.486 e. The van der Waals surface area contributed by atoms with E-state index in [1.165, 1.54) is 12.8 Å². The summed E-state index contributed by atoms with van der Waals surface area (Å²) in [6, 6.07) is 7.38. The van der Waals surface area contributed by atoms with Crippen LogP contribution in [0.25, 0.3) is 5.57 Å². The van der Waals surface area contributed by atoms with Gasteiger partial charge in [-0.1, -0.05) is 62.9 Å². The van der Waals surface area contributed by atoms with Gasteiger partial charge in [0.25, 0.3) is 0 Å². The molecule has 1 saturated heterocycles. The minimum absolute atomic E-state index is 0.000186. The molecular formula is C30H35F3O2. The first-order valence-electron chi connectivity index (χ1n) is 13.2. The minimum Gasteiger partial charge on any atom is -0.486 e. The van der Waals surface area contributed by atoms with Crippen molar-refractivity contribution in [2.75, 3.05) is 6.61 Å². The van der Waals surface area contributed by atoms with Gasteiger partial charge < -0.3 is 9.47 Å². The summed E-state index contributed by atoms with van der Waals surface area (Å²) in [6.45, 7) is 3.05. The SMILES string of the molecule is CCCC1CCC(C2CC=C(OCc3ccc(C4=CCC(C5CO5)C=C4F)cc3)C(F)=C2F)CC1. The number of hydrogen-bond acceptors (Lipinski definition) is 2. The van der Waals surface area contributed by atoms with Gasteiger partial charge in [-0.2, -0.15) is 0 Å². The second-order valence-corrected chi connectivity index (χ2v) is 10.5. The van der Waals surface area contributed by atoms with E-state index in [0.717, 1.165) is 49.1 Å². The highest BCUT2D eigenvalue weighted by atomic mass is 19.2. The van der Waals surface area contributed by atoms with Crippen molar-refractivity contribution in [3.63, 3.8) is 0 Å². The Morgan fingerprint density at radius 3 is 2.37 bits per heavy atom. The maximum absolute atomic E-state index is 15.0. The lowest BCUT2D eigenvalue weighted by Gasteiger charge is -2.34. The number of ether oxygens (including phenoxy) is 2. The van der Waals surface area contributed by atoms with Crippen LogP contribution < -0.4 is 0 Å². The van der Waals surface area contributed by atoms with E-state index < -0.39 is 11.7 Å². The van der Waals surface area contributed by atoms with Crippen molar-refractivity contribution in [1.82, 2.24) is 0 Å². The van der Waals surface area contributed by atoms with Crippen molar-refractivity contribution in [1.29, 1.82) is 0 Å². The van der Waals surface area contributed by atoms with Gasteiger partial charge >= 0.3 is 0 Å². The Balaban J connectivity index is 1.15. The molecule has 2 fully saturated rings. The molecule has 1 aliphatic heterocycles. The van der Waals surface area contributed by atoms with Crippen molar-refractivity contribution >= 4 is 5.57 Å². The summed E-state index contributed by atoms with van der Waals surface area (Å²) in [4.78, 5) is 0. The van der Waals surface area contributed by atoms with E-state index in [1.807, 2.05) is 30.3 Å². The monoisotopic (exact) mass is 484 g/mol. The lowest BCUT2D eigenvalue weighted by molar-refractivity contribution is 0.164. The fourth-order valence-electron chi connectivity index (χ4n) is 5.97. The number of benzene rings is 1. The molecule has 1 heterocycles. The van der Waals surface area contributed by atoms with Crippen LogP contribution in [0.2, 0.25) is 0 Å². The van der Waals surface area contributed by atoms with E-state index in [2.05, 4.69) is 6.92 Å². The first-order chi connectivity index (χ1) is 17.0. The topological polar surface area (TPSA) is 21.8 Å². The van der Waals surface area contributed by atoms with Crippen LogP contribution in [0.1, 0.15) is 69.4 Å². The summed E-state index contributed by atoms with van der Waals surface area (Å²) < 4.78 is 55.3. The minimum atomic E-state index is -0.845. The molecule has 0 radical (unpaired) electrons. The molecule has 4 aliphatic rings. The molecule has 35 heavy (non-hydrogen) atoms. The molecule has 1 aromatic rings. The second kappa shape index (κ2) is 10.8. The Hall–Kier alpha value is -2.27. The third kappa shape index (κ3) is 5.61. The number of epoxide rings is 1. The van der Waals surface area contributed by atoms with Crippen molar-refractivity contribution in [2.45, 2.75) is 71.0 Å². The Morgan fingerprint density at radius 2 is 1.71 bits per heavy atom. The van der Waals surface area contributed by atoms with Crippen LogP contribution in [0.5, 0.6) is 0 Å². The zero-order chi connectivity index (χ0) is 24.4. The lowest BCUT2D eigenvalue weighted by atomic mass is 9.72. The Bertz CT molecular complexity index is 1020. The molecule has 3 unspecified atom stereocenters. The summed E-state index contributed by atoms with van der Waals surface area (Å²) >= 11 is 0. The molecule has 3 aliphatic carbocycles. The van der Waals surface area contributed by atoms with Gasteiger partial charge in [0, 0.05) is 17.4 Å². The molecule has 1 aromatic carbocycles.